The number of rotatable bonds is 6. The quantitative estimate of drug-likeness (QED) is 0.818. The molecule has 7 heteroatoms. The fraction of sp³-hybridized carbons (Fsp3) is 0.211. The molecule has 6 nitrogen and oxygen atoms in total. The largest absolute Gasteiger partial charge is 0.325 e. The lowest BCUT2D eigenvalue weighted by atomic mass is 10.2. The Bertz CT molecular complexity index is 830. The number of nitrogens with one attached hydrogen (secondary N) is 2. The number of benzene rings is 2. The summed E-state index contributed by atoms with van der Waals surface area (Å²) in [5, 5.41) is 14.7. The summed E-state index contributed by atoms with van der Waals surface area (Å²) in [7, 11) is 1.69. The van der Waals surface area contributed by atoms with Crippen LogP contribution >= 0.6 is 11.6 Å². The van der Waals surface area contributed by atoms with Crippen molar-refractivity contribution < 1.29 is 9.59 Å². The molecule has 0 saturated carbocycles. The van der Waals surface area contributed by atoms with Crippen molar-refractivity contribution >= 4 is 34.8 Å². The molecule has 2 amide bonds. The van der Waals surface area contributed by atoms with Gasteiger partial charge in [-0.25, -0.2) is 0 Å². The Morgan fingerprint density at radius 1 is 1.15 bits per heavy atom. The Hall–Kier alpha value is -2.88. The van der Waals surface area contributed by atoms with Crippen molar-refractivity contribution in [3.63, 3.8) is 0 Å². The van der Waals surface area contributed by atoms with E-state index in [1.54, 1.807) is 67.4 Å². The van der Waals surface area contributed by atoms with Gasteiger partial charge in [-0.1, -0.05) is 23.7 Å². The molecular formula is C19H19ClN4O2. The molecule has 0 saturated heterocycles. The summed E-state index contributed by atoms with van der Waals surface area (Å²) in [5.41, 5.74) is 1.64. The van der Waals surface area contributed by atoms with E-state index >= 15 is 0 Å². The maximum Gasteiger partial charge on any atom is 0.241 e. The molecule has 2 aromatic carbocycles. The monoisotopic (exact) mass is 370 g/mol. The number of carbonyl (C=O) groups excluding carboxylic acids is 2. The number of anilines is 2. The number of halogens is 1. The van der Waals surface area contributed by atoms with Crippen LogP contribution in [-0.4, -0.2) is 36.3 Å². The third-order valence-corrected chi connectivity index (χ3v) is 4.19. The van der Waals surface area contributed by atoms with Crippen LogP contribution in [0.5, 0.6) is 0 Å². The molecule has 0 fully saturated rings. The number of carbonyl (C=O) groups is 2. The fourth-order valence-corrected chi connectivity index (χ4v) is 2.37. The van der Waals surface area contributed by atoms with Gasteiger partial charge < -0.3 is 10.6 Å². The van der Waals surface area contributed by atoms with Gasteiger partial charge in [0.1, 0.15) is 0 Å². The van der Waals surface area contributed by atoms with Crippen LogP contribution in [0.1, 0.15) is 12.5 Å². The average molecular weight is 371 g/mol. The summed E-state index contributed by atoms with van der Waals surface area (Å²) in [5.74, 6) is -0.513. The Morgan fingerprint density at radius 2 is 1.81 bits per heavy atom. The van der Waals surface area contributed by atoms with Crippen molar-refractivity contribution in [1.82, 2.24) is 4.90 Å². The van der Waals surface area contributed by atoms with Gasteiger partial charge in [0.05, 0.1) is 34.9 Å². The molecule has 1 atom stereocenters. The lowest BCUT2D eigenvalue weighted by Crippen LogP contribution is -2.43. The second-order valence-electron chi connectivity index (χ2n) is 5.80. The van der Waals surface area contributed by atoms with Gasteiger partial charge in [-0.15, -0.1) is 0 Å². The van der Waals surface area contributed by atoms with Gasteiger partial charge in [-0.2, -0.15) is 5.26 Å². The zero-order chi connectivity index (χ0) is 19.1. The van der Waals surface area contributed by atoms with E-state index in [4.69, 9.17) is 16.9 Å². The first-order valence-electron chi connectivity index (χ1n) is 7.96. The summed E-state index contributed by atoms with van der Waals surface area (Å²) >= 11 is 6.02. The molecule has 0 spiro atoms. The highest BCUT2D eigenvalue weighted by atomic mass is 35.5. The van der Waals surface area contributed by atoms with Crippen LogP contribution in [0.15, 0.2) is 48.5 Å². The molecule has 0 radical (unpaired) electrons. The van der Waals surface area contributed by atoms with Crippen LogP contribution in [0, 0.1) is 11.3 Å². The zero-order valence-corrected chi connectivity index (χ0v) is 15.2. The first kappa shape index (κ1) is 19.4. The minimum atomic E-state index is -0.525. The topological polar surface area (TPSA) is 85.2 Å². The molecule has 2 aromatic rings. The van der Waals surface area contributed by atoms with E-state index in [1.807, 2.05) is 6.07 Å². The van der Waals surface area contributed by atoms with E-state index in [2.05, 4.69) is 10.6 Å². The van der Waals surface area contributed by atoms with Crippen molar-refractivity contribution in [1.29, 1.82) is 5.26 Å². The SMILES string of the molecule is CC(C(=O)Nc1ccc(C#N)cc1)N(C)CC(=O)Nc1ccccc1Cl. The van der Waals surface area contributed by atoms with Gasteiger partial charge in [0.25, 0.3) is 0 Å². The minimum Gasteiger partial charge on any atom is -0.325 e. The fourth-order valence-electron chi connectivity index (χ4n) is 2.19. The van der Waals surface area contributed by atoms with Crippen LogP contribution in [0.25, 0.3) is 0 Å². The van der Waals surface area contributed by atoms with Gasteiger partial charge >= 0.3 is 0 Å². The molecule has 0 aromatic heterocycles. The standard InChI is InChI=1S/C19H19ClN4O2/c1-13(19(26)22-15-9-7-14(11-21)8-10-15)24(2)12-18(25)23-17-6-4-3-5-16(17)20/h3-10,13H,12H2,1-2H3,(H,22,26)(H,23,25). The van der Waals surface area contributed by atoms with Crippen LogP contribution in [0.4, 0.5) is 11.4 Å². The predicted molar refractivity (Wildman–Crippen MR) is 102 cm³/mol. The first-order valence-corrected chi connectivity index (χ1v) is 8.34. The Kier molecular flexibility index (Phi) is 6.73. The second-order valence-corrected chi connectivity index (χ2v) is 6.20. The normalized spacial score (nSPS) is 11.5. The predicted octanol–water partition coefficient (Wildman–Crippen LogP) is 3.11. The molecule has 26 heavy (non-hydrogen) atoms. The summed E-state index contributed by atoms with van der Waals surface area (Å²) in [6, 6.07) is 15.0. The summed E-state index contributed by atoms with van der Waals surface area (Å²) in [6.45, 7) is 1.74. The summed E-state index contributed by atoms with van der Waals surface area (Å²) in [6.07, 6.45) is 0. The van der Waals surface area contributed by atoms with E-state index in [-0.39, 0.29) is 18.4 Å². The van der Waals surface area contributed by atoms with Gasteiger partial charge in [-0.05, 0) is 50.4 Å². The molecule has 0 aliphatic rings. The second kappa shape index (κ2) is 8.99. The number of hydrogen-bond donors (Lipinski definition) is 2. The Balaban J connectivity index is 1.90. The Morgan fingerprint density at radius 3 is 2.42 bits per heavy atom. The molecule has 0 aliphatic heterocycles. The Labute approximate surface area is 157 Å². The maximum absolute atomic E-state index is 12.3. The number of nitriles is 1. The smallest absolute Gasteiger partial charge is 0.241 e. The third-order valence-electron chi connectivity index (χ3n) is 3.86. The van der Waals surface area contributed by atoms with Crippen LogP contribution in [0.3, 0.4) is 0 Å². The molecule has 0 bridgehead atoms. The van der Waals surface area contributed by atoms with Crippen molar-refractivity contribution in [2.75, 3.05) is 24.2 Å². The number of amides is 2. The van der Waals surface area contributed by atoms with Gasteiger partial charge in [0.15, 0.2) is 0 Å². The summed E-state index contributed by atoms with van der Waals surface area (Å²) < 4.78 is 0. The highest BCUT2D eigenvalue weighted by molar-refractivity contribution is 6.33. The number of para-hydroxylation sites is 1. The number of hydrogen-bond acceptors (Lipinski definition) is 4. The van der Waals surface area contributed by atoms with Crippen LogP contribution < -0.4 is 10.6 Å². The van der Waals surface area contributed by atoms with E-state index in [0.29, 0.717) is 22.0 Å². The third kappa shape index (κ3) is 5.31. The van der Waals surface area contributed by atoms with Gasteiger partial charge in [0.2, 0.25) is 11.8 Å². The van der Waals surface area contributed by atoms with Crippen molar-refractivity contribution in [3.05, 3.63) is 59.1 Å². The van der Waals surface area contributed by atoms with Crippen LogP contribution in [-0.2, 0) is 9.59 Å². The summed E-state index contributed by atoms with van der Waals surface area (Å²) in [4.78, 5) is 26.1. The van der Waals surface area contributed by atoms with Gasteiger partial charge in [0, 0.05) is 5.69 Å². The lowest BCUT2D eigenvalue weighted by Gasteiger charge is -2.23. The molecule has 134 valence electrons. The highest BCUT2D eigenvalue weighted by Crippen LogP contribution is 2.20. The van der Waals surface area contributed by atoms with Crippen molar-refractivity contribution in [2.45, 2.75) is 13.0 Å². The van der Waals surface area contributed by atoms with E-state index in [0.717, 1.165) is 0 Å². The minimum absolute atomic E-state index is 0.0349. The van der Waals surface area contributed by atoms with E-state index in [1.165, 1.54) is 0 Å². The van der Waals surface area contributed by atoms with Gasteiger partial charge in [-0.3, -0.25) is 14.5 Å². The molecular weight excluding hydrogens is 352 g/mol. The average Bonchev–Trinajstić information content (AvgIpc) is 2.63. The van der Waals surface area contributed by atoms with E-state index < -0.39 is 6.04 Å². The number of likely N-dealkylation sites (N-methyl/N-ethyl adjacent to an activating group) is 1. The van der Waals surface area contributed by atoms with E-state index in [9.17, 15) is 9.59 Å². The lowest BCUT2D eigenvalue weighted by molar-refractivity contribution is -0.122. The van der Waals surface area contributed by atoms with Crippen LogP contribution in [0.2, 0.25) is 5.02 Å². The number of nitrogens with zero attached hydrogens (tertiary/aromatic N) is 2. The maximum atomic E-state index is 12.3. The molecule has 0 aliphatic carbocycles. The molecule has 0 heterocycles. The zero-order valence-electron chi connectivity index (χ0n) is 14.5. The molecule has 2 rings (SSSR count). The van der Waals surface area contributed by atoms with Crippen molar-refractivity contribution in [3.8, 4) is 6.07 Å². The molecule has 2 N–H and O–H groups in total. The van der Waals surface area contributed by atoms with Crippen molar-refractivity contribution in [2.24, 2.45) is 0 Å². The highest BCUT2D eigenvalue weighted by Gasteiger charge is 2.20. The molecule has 1 unspecified atom stereocenters. The first-order chi connectivity index (χ1) is 12.4.